The van der Waals surface area contributed by atoms with Crippen molar-refractivity contribution in [2.24, 2.45) is 0 Å². The molecule has 3 rings (SSSR count). The molecular formula is C19H14Cl2FNO3. The maximum atomic E-state index is 13.4. The summed E-state index contributed by atoms with van der Waals surface area (Å²) in [7, 11) is 0. The average molecular weight is 394 g/mol. The number of halogens is 3. The number of carbonyl (C=O) groups is 2. The van der Waals surface area contributed by atoms with E-state index in [2.05, 4.69) is 0 Å². The number of carbonyl (C=O) groups excluding carboxylic acids is 2. The third-order valence-corrected chi connectivity index (χ3v) is 4.44. The molecule has 0 aliphatic carbocycles. The Bertz CT molecular complexity index is 910. The lowest BCUT2D eigenvalue weighted by Gasteiger charge is -2.15. The van der Waals surface area contributed by atoms with E-state index in [9.17, 15) is 14.0 Å². The number of ether oxygens (including phenoxy) is 1. The van der Waals surface area contributed by atoms with E-state index in [0.717, 1.165) is 17.4 Å². The summed E-state index contributed by atoms with van der Waals surface area (Å²) in [6.45, 7) is 2.58. The van der Waals surface area contributed by atoms with Crippen molar-refractivity contribution in [3.8, 4) is 5.75 Å². The predicted octanol–water partition coefficient (Wildman–Crippen LogP) is 4.79. The van der Waals surface area contributed by atoms with Crippen LogP contribution in [0, 0.1) is 5.82 Å². The van der Waals surface area contributed by atoms with Gasteiger partial charge in [-0.25, -0.2) is 9.29 Å². The SMILES string of the molecule is CCCOc1ccc(C2=C(Cl)C(=O)N(c3ccc(F)c(Cl)c3)C2=O)cc1. The van der Waals surface area contributed by atoms with Crippen molar-refractivity contribution in [1.29, 1.82) is 0 Å². The molecule has 0 bridgehead atoms. The lowest BCUT2D eigenvalue weighted by molar-refractivity contribution is -0.119. The third kappa shape index (κ3) is 3.32. The van der Waals surface area contributed by atoms with Crippen LogP contribution in [0.3, 0.4) is 0 Å². The van der Waals surface area contributed by atoms with Gasteiger partial charge in [0, 0.05) is 0 Å². The summed E-state index contributed by atoms with van der Waals surface area (Å²) in [4.78, 5) is 26.1. The molecule has 1 aliphatic heterocycles. The van der Waals surface area contributed by atoms with Crippen LogP contribution in [-0.4, -0.2) is 18.4 Å². The highest BCUT2D eigenvalue weighted by Crippen LogP contribution is 2.36. The van der Waals surface area contributed by atoms with Gasteiger partial charge in [-0.3, -0.25) is 9.59 Å². The van der Waals surface area contributed by atoms with E-state index >= 15 is 0 Å². The van der Waals surface area contributed by atoms with Gasteiger partial charge in [0.1, 0.15) is 16.6 Å². The molecule has 0 radical (unpaired) electrons. The van der Waals surface area contributed by atoms with Gasteiger partial charge in [-0.05, 0) is 42.3 Å². The molecule has 0 N–H and O–H groups in total. The second kappa shape index (κ2) is 7.48. The van der Waals surface area contributed by atoms with Crippen LogP contribution in [0.5, 0.6) is 5.75 Å². The topological polar surface area (TPSA) is 46.6 Å². The lowest BCUT2D eigenvalue weighted by atomic mass is 10.1. The first-order valence-electron chi connectivity index (χ1n) is 7.91. The highest BCUT2D eigenvalue weighted by Gasteiger charge is 2.39. The fraction of sp³-hybridized carbons (Fsp3) is 0.158. The van der Waals surface area contributed by atoms with Gasteiger partial charge in [0.2, 0.25) is 0 Å². The van der Waals surface area contributed by atoms with Crippen molar-refractivity contribution in [2.75, 3.05) is 11.5 Å². The summed E-state index contributed by atoms with van der Waals surface area (Å²) in [6, 6.07) is 10.3. The highest BCUT2D eigenvalue weighted by molar-refractivity contribution is 6.60. The highest BCUT2D eigenvalue weighted by atomic mass is 35.5. The van der Waals surface area contributed by atoms with E-state index in [0.29, 0.717) is 17.9 Å². The van der Waals surface area contributed by atoms with Gasteiger partial charge < -0.3 is 4.74 Å². The Balaban J connectivity index is 1.92. The summed E-state index contributed by atoms with van der Waals surface area (Å²) in [5.41, 5.74) is 0.731. The molecule has 0 fully saturated rings. The average Bonchev–Trinajstić information content (AvgIpc) is 2.85. The van der Waals surface area contributed by atoms with Crippen molar-refractivity contribution >= 4 is 46.3 Å². The normalized spacial score (nSPS) is 14.4. The molecule has 1 heterocycles. The van der Waals surface area contributed by atoms with Crippen molar-refractivity contribution in [2.45, 2.75) is 13.3 Å². The van der Waals surface area contributed by atoms with Crippen LogP contribution in [0.2, 0.25) is 5.02 Å². The summed E-state index contributed by atoms with van der Waals surface area (Å²) < 4.78 is 18.9. The standard InChI is InChI=1S/C19H14Cl2FNO3/c1-2-9-26-13-6-3-11(4-7-13)16-17(21)19(25)23(18(16)24)12-5-8-15(22)14(20)10-12/h3-8,10H,2,9H2,1H3. The smallest absolute Gasteiger partial charge is 0.277 e. The Morgan fingerprint density at radius 2 is 1.73 bits per heavy atom. The molecule has 0 saturated heterocycles. The van der Waals surface area contributed by atoms with Crippen LogP contribution in [0.25, 0.3) is 5.57 Å². The summed E-state index contributed by atoms with van der Waals surface area (Å²) in [6.07, 6.45) is 0.876. The number of nitrogens with zero attached hydrogens (tertiary/aromatic N) is 1. The molecule has 134 valence electrons. The fourth-order valence-corrected chi connectivity index (χ4v) is 3.00. The first-order chi connectivity index (χ1) is 12.4. The molecule has 2 aromatic rings. The Morgan fingerprint density at radius 3 is 2.35 bits per heavy atom. The number of rotatable bonds is 5. The molecule has 2 amide bonds. The van der Waals surface area contributed by atoms with Gasteiger partial charge in [-0.2, -0.15) is 0 Å². The minimum atomic E-state index is -0.680. The van der Waals surface area contributed by atoms with E-state index in [4.69, 9.17) is 27.9 Å². The van der Waals surface area contributed by atoms with Crippen molar-refractivity contribution in [3.63, 3.8) is 0 Å². The van der Waals surface area contributed by atoms with Gasteiger partial charge >= 0.3 is 0 Å². The molecule has 0 aromatic heterocycles. The minimum Gasteiger partial charge on any atom is -0.494 e. The van der Waals surface area contributed by atoms with Crippen LogP contribution < -0.4 is 9.64 Å². The summed E-state index contributed by atoms with van der Waals surface area (Å²) in [5.74, 6) is -1.26. The van der Waals surface area contributed by atoms with Crippen LogP contribution in [-0.2, 0) is 9.59 Å². The quantitative estimate of drug-likeness (QED) is 0.685. The molecule has 0 atom stereocenters. The first kappa shape index (κ1) is 18.4. The summed E-state index contributed by atoms with van der Waals surface area (Å²) in [5, 5.41) is -0.386. The Morgan fingerprint density at radius 1 is 1.04 bits per heavy atom. The zero-order chi connectivity index (χ0) is 18.8. The zero-order valence-corrected chi connectivity index (χ0v) is 15.3. The van der Waals surface area contributed by atoms with Crippen LogP contribution in [0.15, 0.2) is 47.5 Å². The molecule has 0 spiro atoms. The van der Waals surface area contributed by atoms with Crippen LogP contribution in [0.4, 0.5) is 10.1 Å². The van der Waals surface area contributed by atoms with E-state index in [1.165, 1.54) is 12.1 Å². The second-order valence-electron chi connectivity index (χ2n) is 5.61. The number of benzene rings is 2. The van der Waals surface area contributed by atoms with Crippen molar-refractivity contribution in [3.05, 3.63) is 63.9 Å². The first-order valence-corrected chi connectivity index (χ1v) is 8.66. The monoisotopic (exact) mass is 393 g/mol. The van der Waals surface area contributed by atoms with Crippen LogP contribution >= 0.6 is 23.2 Å². The number of amides is 2. The van der Waals surface area contributed by atoms with E-state index < -0.39 is 17.6 Å². The Hall–Kier alpha value is -2.37. The van der Waals surface area contributed by atoms with Gasteiger partial charge in [-0.15, -0.1) is 0 Å². The van der Waals surface area contributed by atoms with Crippen molar-refractivity contribution < 1.29 is 18.7 Å². The van der Waals surface area contributed by atoms with E-state index in [-0.39, 0.29) is 21.3 Å². The van der Waals surface area contributed by atoms with Crippen LogP contribution in [0.1, 0.15) is 18.9 Å². The Kier molecular flexibility index (Phi) is 5.30. The molecule has 26 heavy (non-hydrogen) atoms. The molecule has 4 nitrogen and oxygen atoms in total. The molecular weight excluding hydrogens is 380 g/mol. The van der Waals surface area contributed by atoms with E-state index in [1.807, 2.05) is 6.92 Å². The number of imide groups is 1. The van der Waals surface area contributed by atoms with Gasteiger partial charge in [0.25, 0.3) is 11.8 Å². The Labute approximate surface area is 159 Å². The molecule has 1 aliphatic rings. The maximum absolute atomic E-state index is 13.4. The predicted molar refractivity (Wildman–Crippen MR) is 98.9 cm³/mol. The number of anilines is 1. The molecule has 7 heteroatoms. The van der Waals surface area contributed by atoms with E-state index in [1.54, 1.807) is 24.3 Å². The second-order valence-corrected chi connectivity index (χ2v) is 6.39. The van der Waals surface area contributed by atoms with Gasteiger partial charge in [-0.1, -0.05) is 42.3 Å². The largest absolute Gasteiger partial charge is 0.494 e. The van der Waals surface area contributed by atoms with Crippen molar-refractivity contribution in [1.82, 2.24) is 0 Å². The molecule has 0 unspecified atom stereocenters. The van der Waals surface area contributed by atoms with Gasteiger partial charge in [0.05, 0.1) is 22.9 Å². The molecule has 0 saturated carbocycles. The number of hydrogen-bond acceptors (Lipinski definition) is 3. The third-order valence-electron chi connectivity index (χ3n) is 3.80. The lowest BCUT2D eigenvalue weighted by Crippen LogP contribution is -2.31. The van der Waals surface area contributed by atoms with Gasteiger partial charge in [0.15, 0.2) is 0 Å². The number of hydrogen-bond donors (Lipinski definition) is 0. The summed E-state index contributed by atoms with van der Waals surface area (Å²) >= 11 is 11.9. The zero-order valence-electron chi connectivity index (χ0n) is 13.8. The minimum absolute atomic E-state index is 0.0826. The fourth-order valence-electron chi connectivity index (χ4n) is 2.55. The maximum Gasteiger partial charge on any atom is 0.277 e. The molecule has 2 aromatic carbocycles.